The Labute approximate surface area is 157 Å². The van der Waals surface area contributed by atoms with Crippen LogP contribution in [0.15, 0.2) is 42.5 Å². The number of carbonyl (C=O) groups is 1. The number of morpholine rings is 1. The second-order valence-electron chi connectivity index (χ2n) is 6.05. The number of halogens is 2. The largest absolute Gasteiger partial charge is 0.379 e. The van der Waals surface area contributed by atoms with Crippen LogP contribution in [-0.2, 0) is 17.8 Å². The number of benzene rings is 2. The minimum atomic E-state index is -0.193. The highest BCUT2D eigenvalue weighted by atomic mass is 35.5. The minimum Gasteiger partial charge on any atom is -0.379 e. The summed E-state index contributed by atoms with van der Waals surface area (Å²) < 4.78 is 5.36. The molecule has 0 radical (unpaired) electrons. The van der Waals surface area contributed by atoms with E-state index in [4.69, 9.17) is 27.9 Å². The lowest BCUT2D eigenvalue weighted by Gasteiger charge is -2.26. The first-order valence-corrected chi connectivity index (χ1v) is 8.98. The molecule has 0 unspecified atom stereocenters. The predicted molar refractivity (Wildman–Crippen MR) is 100 cm³/mol. The maximum Gasteiger partial charge on any atom is 0.251 e. The van der Waals surface area contributed by atoms with Gasteiger partial charge >= 0.3 is 0 Å². The van der Waals surface area contributed by atoms with Gasteiger partial charge in [-0.2, -0.15) is 0 Å². The van der Waals surface area contributed by atoms with E-state index in [1.807, 2.05) is 12.1 Å². The van der Waals surface area contributed by atoms with E-state index in [-0.39, 0.29) is 5.91 Å². The van der Waals surface area contributed by atoms with Gasteiger partial charge < -0.3 is 10.1 Å². The third-order valence-corrected chi connectivity index (χ3v) is 4.55. The maximum atomic E-state index is 12.2. The van der Waals surface area contributed by atoms with Crippen LogP contribution in [0.2, 0.25) is 10.0 Å². The van der Waals surface area contributed by atoms with Crippen molar-refractivity contribution in [1.29, 1.82) is 0 Å². The maximum absolute atomic E-state index is 12.2. The van der Waals surface area contributed by atoms with E-state index in [1.165, 1.54) is 5.56 Å². The van der Waals surface area contributed by atoms with Gasteiger partial charge in [-0.25, -0.2) is 0 Å². The summed E-state index contributed by atoms with van der Waals surface area (Å²) in [7, 11) is 0. The lowest BCUT2D eigenvalue weighted by atomic mass is 10.1. The Balaban J connectivity index is 1.53. The standard InChI is InChI=1S/C19H20Cl2N2O2/c20-17-9-16(10-18(21)11-17)19(24)22-12-14-1-3-15(4-2-14)13-23-5-7-25-8-6-23/h1-4,9-11H,5-8,12-13H2,(H,22,24). The van der Waals surface area contributed by atoms with Gasteiger partial charge in [-0.1, -0.05) is 47.5 Å². The zero-order chi connectivity index (χ0) is 17.6. The SMILES string of the molecule is O=C(NCc1ccc(CN2CCOCC2)cc1)c1cc(Cl)cc(Cl)c1. The summed E-state index contributed by atoms with van der Waals surface area (Å²) in [6.07, 6.45) is 0. The molecule has 3 rings (SSSR count). The fourth-order valence-corrected chi connectivity index (χ4v) is 3.28. The fourth-order valence-electron chi connectivity index (χ4n) is 2.75. The lowest BCUT2D eigenvalue weighted by molar-refractivity contribution is 0.0342. The minimum absolute atomic E-state index is 0.193. The average Bonchev–Trinajstić information content (AvgIpc) is 2.61. The second-order valence-corrected chi connectivity index (χ2v) is 6.92. The van der Waals surface area contributed by atoms with Crippen molar-refractivity contribution in [3.63, 3.8) is 0 Å². The molecular weight excluding hydrogens is 359 g/mol. The molecule has 0 spiro atoms. The van der Waals surface area contributed by atoms with Crippen LogP contribution in [0.5, 0.6) is 0 Å². The molecule has 1 amide bonds. The first kappa shape index (κ1) is 18.2. The highest BCUT2D eigenvalue weighted by Gasteiger charge is 2.11. The average molecular weight is 379 g/mol. The van der Waals surface area contributed by atoms with E-state index in [1.54, 1.807) is 18.2 Å². The van der Waals surface area contributed by atoms with Crippen molar-refractivity contribution in [2.24, 2.45) is 0 Å². The van der Waals surface area contributed by atoms with E-state index < -0.39 is 0 Å². The van der Waals surface area contributed by atoms with Crippen LogP contribution in [0.4, 0.5) is 0 Å². The number of hydrogen-bond acceptors (Lipinski definition) is 3. The van der Waals surface area contributed by atoms with Gasteiger partial charge in [0.15, 0.2) is 0 Å². The molecule has 1 fully saturated rings. The van der Waals surface area contributed by atoms with Gasteiger partial charge in [-0.3, -0.25) is 9.69 Å². The molecule has 2 aromatic carbocycles. The molecular formula is C19H20Cl2N2O2. The number of nitrogens with one attached hydrogen (secondary N) is 1. The summed E-state index contributed by atoms with van der Waals surface area (Å²) in [5.41, 5.74) is 2.77. The predicted octanol–water partition coefficient (Wildman–Crippen LogP) is 3.76. The Hall–Kier alpha value is -1.59. The molecule has 4 nitrogen and oxygen atoms in total. The molecule has 1 aliphatic rings. The molecule has 0 aromatic heterocycles. The monoisotopic (exact) mass is 378 g/mol. The molecule has 6 heteroatoms. The molecule has 1 N–H and O–H groups in total. The van der Waals surface area contributed by atoms with Crippen LogP contribution in [0.1, 0.15) is 21.5 Å². The summed E-state index contributed by atoms with van der Waals surface area (Å²) in [5, 5.41) is 3.79. The zero-order valence-corrected chi connectivity index (χ0v) is 15.3. The third kappa shape index (κ3) is 5.44. The first-order valence-electron chi connectivity index (χ1n) is 8.22. The van der Waals surface area contributed by atoms with Gasteiger partial charge in [-0.15, -0.1) is 0 Å². The molecule has 2 aromatic rings. The van der Waals surface area contributed by atoms with Gasteiger partial charge in [0.05, 0.1) is 13.2 Å². The van der Waals surface area contributed by atoms with Crippen LogP contribution >= 0.6 is 23.2 Å². The van der Waals surface area contributed by atoms with Crippen molar-refractivity contribution in [2.45, 2.75) is 13.1 Å². The first-order chi connectivity index (χ1) is 12.1. The molecule has 1 saturated heterocycles. The third-order valence-electron chi connectivity index (χ3n) is 4.11. The van der Waals surface area contributed by atoms with Crippen molar-refractivity contribution < 1.29 is 9.53 Å². The van der Waals surface area contributed by atoms with Crippen molar-refractivity contribution in [1.82, 2.24) is 10.2 Å². The Morgan fingerprint density at radius 2 is 1.60 bits per heavy atom. The molecule has 0 saturated carbocycles. The molecule has 0 atom stereocenters. The molecule has 0 aliphatic carbocycles. The molecule has 1 aliphatic heterocycles. The number of carbonyl (C=O) groups excluding carboxylic acids is 1. The van der Waals surface area contributed by atoms with Crippen LogP contribution in [0.25, 0.3) is 0 Å². The van der Waals surface area contributed by atoms with Crippen LogP contribution in [0.3, 0.4) is 0 Å². The Morgan fingerprint density at radius 3 is 2.24 bits per heavy atom. The highest BCUT2D eigenvalue weighted by Crippen LogP contribution is 2.19. The number of hydrogen-bond donors (Lipinski definition) is 1. The van der Waals surface area contributed by atoms with Crippen LogP contribution in [0, 0.1) is 0 Å². The number of nitrogens with zero attached hydrogens (tertiary/aromatic N) is 1. The Bertz CT molecular complexity index is 708. The second kappa shape index (κ2) is 8.68. The van der Waals surface area contributed by atoms with Gasteiger partial charge in [0, 0.05) is 41.8 Å². The van der Waals surface area contributed by atoms with Crippen molar-refractivity contribution in [3.05, 3.63) is 69.2 Å². The van der Waals surface area contributed by atoms with Crippen LogP contribution < -0.4 is 5.32 Å². The van der Waals surface area contributed by atoms with Gasteiger partial charge in [0.1, 0.15) is 0 Å². The summed E-state index contributed by atoms with van der Waals surface area (Å²) in [5.74, 6) is -0.193. The van der Waals surface area contributed by atoms with E-state index in [2.05, 4.69) is 22.3 Å². The highest BCUT2D eigenvalue weighted by molar-refractivity contribution is 6.35. The van der Waals surface area contributed by atoms with Gasteiger partial charge in [0.25, 0.3) is 5.91 Å². The van der Waals surface area contributed by atoms with E-state index in [0.717, 1.165) is 38.4 Å². The topological polar surface area (TPSA) is 41.6 Å². The molecule has 25 heavy (non-hydrogen) atoms. The molecule has 1 heterocycles. The fraction of sp³-hybridized carbons (Fsp3) is 0.316. The van der Waals surface area contributed by atoms with Crippen molar-refractivity contribution in [3.8, 4) is 0 Å². The number of ether oxygens (including phenoxy) is 1. The zero-order valence-electron chi connectivity index (χ0n) is 13.8. The smallest absolute Gasteiger partial charge is 0.251 e. The van der Waals surface area contributed by atoms with E-state index in [0.29, 0.717) is 22.2 Å². The van der Waals surface area contributed by atoms with Gasteiger partial charge in [-0.05, 0) is 29.3 Å². The van der Waals surface area contributed by atoms with E-state index >= 15 is 0 Å². The van der Waals surface area contributed by atoms with E-state index in [9.17, 15) is 4.79 Å². The number of rotatable bonds is 5. The summed E-state index contributed by atoms with van der Waals surface area (Å²) >= 11 is 11.9. The Morgan fingerprint density at radius 1 is 1.00 bits per heavy atom. The van der Waals surface area contributed by atoms with Crippen molar-refractivity contribution >= 4 is 29.1 Å². The quantitative estimate of drug-likeness (QED) is 0.860. The number of amides is 1. The lowest BCUT2D eigenvalue weighted by Crippen LogP contribution is -2.35. The summed E-state index contributed by atoms with van der Waals surface area (Å²) in [6, 6.07) is 13.1. The Kier molecular flexibility index (Phi) is 6.32. The summed E-state index contributed by atoms with van der Waals surface area (Å²) in [6.45, 7) is 4.94. The normalized spacial score (nSPS) is 15.1. The summed E-state index contributed by atoms with van der Waals surface area (Å²) in [4.78, 5) is 14.6. The van der Waals surface area contributed by atoms with Crippen LogP contribution in [-0.4, -0.2) is 37.1 Å². The van der Waals surface area contributed by atoms with Crippen molar-refractivity contribution in [2.75, 3.05) is 26.3 Å². The van der Waals surface area contributed by atoms with Gasteiger partial charge in [0.2, 0.25) is 0 Å². The molecule has 132 valence electrons. The molecule has 0 bridgehead atoms.